The SMILES string of the molecule is CCc1cc(CC(NC)c2ccc(Cl)c(Br)c2)n(C)n1. The van der Waals surface area contributed by atoms with Gasteiger partial charge in [0.25, 0.3) is 0 Å². The molecule has 1 N–H and O–H groups in total. The zero-order valence-electron chi connectivity index (χ0n) is 12.0. The van der Waals surface area contributed by atoms with E-state index in [1.54, 1.807) is 0 Å². The molecule has 1 aromatic carbocycles. The average molecular weight is 357 g/mol. The summed E-state index contributed by atoms with van der Waals surface area (Å²) in [6.45, 7) is 2.12. The zero-order chi connectivity index (χ0) is 14.7. The minimum atomic E-state index is 0.240. The molecule has 2 aromatic rings. The second-order valence-corrected chi connectivity index (χ2v) is 6.08. The summed E-state index contributed by atoms with van der Waals surface area (Å²) in [5, 5.41) is 8.60. The lowest BCUT2D eigenvalue weighted by atomic mass is 10.0. The van der Waals surface area contributed by atoms with E-state index in [0.29, 0.717) is 0 Å². The first-order chi connectivity index (χ1) is 9.55. The molecule has 2 rings (SSSR count). The summed E-state index contributed by atoms with van der Waals surface area (Å²) < 4.78 is 2.89. The highest BCUT2D eigenvalue weighted by Crippen LogP contribution is 2.27. The van der Waals surface area contributed by atoms with Crippen LogP contribution in [0.2, 0.25) is 5.02 Å². The first-order valence-electron chi connectivity index (χ1n) is 6.69. The third-order valence-electron chi connectivity index (χ3n) is 3.50. The van der Waals surface area contributed by atoms with E-state index in [1.165, 1.54) is 11.3 Å². The molecule has 0 fully saturated rings. The normalized spacial score (nSPS) is 12.7. The predicted molar refractivity (Wildman–Crippen MR) is 87.2 cm³/mol. The van der Waals surface area contributed by atoms with E-state index in [-0.39, 0.29) is 6.04 Å². The summed E-state index contributed by atoms with van der Waals surface area (Å²) in [7, 11) is 3.98. The number of likely N-dealkylation sites (N-methyl/N-ethyl adjacent to an activating group) is 1. The van der Waals surface area contributed by atoms with Crippen molar-refractivity contribution in [1.82, 2.24) is 15.1 Å². The summed E-state index contributed by atoms with van der Waals surface area (Å²) >= 11 is 9.54. The van der Waals surface area contributed by atoms with Crippen molar-refractivity contribution in [3.8, 4) is 0 Å². The minimum absolute atomic E-state index is 0.240. The molecule has 0 aliphatic carbocycles. The van der Waals surface area contributed by atoms with Gasteiger partial charge in [-0.2, -0.15) is 5.10 Å². The molecule has 0 amide bonds. The minimum Gasteiger partial charge on any atom is -0.313 e. The van der Waals surface area contributed by atoms with E-state index in [4.69, 9.17) is 11.6 Å². The first kappa shape index (κ1) is 15.5. The number of hydrogen-bond acceptors (Lipinski definition) is 2. The Bertz CT molecular complexity index is 595. The Labute approximate surface area is 133 Å². The number of benzene rings is 1. The number of halogens is 2. The summed E-state index contributed by atoms with van der Waals surface area (Å²) in [5.74, 6) is 0. The highest BCUT2D eigenvalue weighted by molar-refractivity contribution is 9.10. The zero-order valence-corrected chi connectivity index (χ0v) is 14.3. The van der Waals surface area contributed by atoms with Gasteiger partial charge >= 0.3 is 0 Å². The maximum absolute atomic E-state index is 6.05. The van der Waals surface area contributed by atoms with Crippen LogP contribution in [-0.4, -0.2) is 16.8 Å². The van der Waals surface area contributed by atoms with Gasteiger partial charge in [0.15, 0.2) is 0 Å². The van der Waals surface area contributed by atoms with Crippen LogP contribution in [0.3, 0.4) is 0 Å². The Morgan fingerprint density at radius 1 is 1.40 bits per heavy atom. The maximum atomic E-state index is 6.05. The van der Waals surface area contributed by atoms with Crippen LogP contribution >= 0.6 is 27.5 Å². The topological polar surface area (TPSA) is 29.9 Å². The summed E-state index contributed by atoms with van der Waals surface area (Å²) in [6.07, 6.45) is 1.86. The summed E-state index contributed by atoms with van der Waals surface area (Å²) in [4.78, 5) is 0. The van der Waals surface area contributed by atoms with Crippen LogP contribution in [0.4, 0.5) is 0 Å². The molecule has 0 spiro atoms. The lowest BCUT2D eigenvalue weighted by Crippen LogP contribution is -2.20. The van der Waals surface area contributed by atoms with Gasteiger partial charge in [-0.15, -0.1) is 0 Å². The van der Waals surface area contributed by atoms with Crippen molar-refractivity contribution in [2.24, 2.45) is 7.05 Å². The number of hydrogen-bond donors (Lipinski definition) is 1. The van der Waals surface area contributed by atoms with Crippen LogP contribution in [0.15, 0.2) is 28.7 Å². The summed E-state index contributed by atoms with van der Waals surface area (Å²) in [6, 6.07) is 8.47. The van der Waals surface area contributed by atoms with Crippen LogP contribution < -0.4 is 5.32 Å². The van der Waals surface area contributed by atoms with Crippen molar-refractivity contribution in [2.75, 3.05) is 7.05 Å². The Morgan fingerprint density at radius 2 is 2.15 bits per heavy atom. The lowest BCUT2D eigenvalue weighted by Gasteiger charge is -2.17. The van der Waals surface area contributed by atoms with E-state index < -0.39 is 0 Å². The molecule has 108 valence electrons. The number of nitrogens with zero attached hydrogens (tertiary/aromatic N) is 2. The van der Waals surface area contributed by atoms with E-state index in [9.17, 15) is 0 Å². The van der Waals surface area contributed by atoms with Crippen molar-refractivity contribution in [1.29, 1.82) is 0 Å². The molecule has 20 heavy (non-hydrogen) atoms. The second-order valence-electron chi connectivity index (χ2n) is 4.82. The molecule has 0 saturated carbocycles. The number of rotatable bonds is 5. The quantitative estimate of drug-likeness (QED) is 0.880. The molecule has 1 heterocycles. The Kier molecular flexibility index (Phi) is 5.24. The molecule has 1 atom stereocenters. The van der Waals surface area contributed by atoms with Gasteiger partial charge in [-0.25, -0.2) is 0 Å². The number of nitrogens with one attached hydrogen (secondary N) is 1. The number of aryl methyl sites for hydroxylation is 2. The molecule has 5 heteroatoms. The predicted octanol–water partition coefficient (Wildman–Crippen LogP) is 3.90. The molecule has 0 radical (unpaired) electrons. The van der Waals surface area contributed by atoms with Crippen LogP contribution in [0, 0.1) is 0 Å². The van der Waals surface area contributed by atoms with E-state index in [0.717, 1.165) is 28.0 Å². The third kappa shape index (κ3) is 3.43. The van der Waals surface area contributed by atoms with Crippen molar-refractivity contribution in [2.45, 2.75) is 25.8 Å². The van der Waals surface area contributed by atoms with E-state index >= 15 is 0 Å². The monoisotopic (exact) mass is 355 g/mol. The molecule has 0 aliphatic heterocycles. The van der Waals surface area contributed by atoms with Crippen molar-refractivity contribution in [3.05, 3.63) is 50.7 Å². The van der Waals surface area contributed by atoms with Crippen LogP contribution in [0.5, 0.6) is 0 Å². The largest absolute Gasteiger partial charge is 0.313 e. The molecule has 0 bridgehead atoms. The second kappa shape index (κ2) is 6.74. The smallest absolute Gasteiger partial charge is 0.0624 e. The lowest BCUT2D eigenvalue weighted by molar-refractivity contribution is 0.561. The number of aromatic nitrogens is 2. The van der Waals surface area contributed by atoms with Crippen molar-refractivity contribution < 1.29 is 0 Å². The summed E-state index contributed by atoms with van der Waals surface area (Å²) in [5.41, 5.74) is 3.57. The van der Waals surface area contributed by atoms with E-state index in [1.807, 2.05) is 24.8 Å². The highest BCUT2D eigenvalue weighted by atomic mass is 79.9. The fourth-order valence-corrected chi connectivity index (χ4v) is 2.77. The van der Waals surface area contributed by atoms with Gasteiger partial charge < -0.3 is 5.32 Å². The van der Waals surface area contributed by atoms with Gasteiger partial charge in [-0.3, -0.25) is 4.68 Å². The highest BCUT2D eigenvalue weighted by Gasteiger charge is 2.14. The van der Waals surface area contributed by atoms with Crippen LogP contribution in [0.1, 0.15) is 29.9 Å². The van der Waals surface area contributed by atoms with Gasteiger partial charge in [0.05, 0.1) is 10.7 Å². The Hall–Kier alpha value is -0.840. The van der Waals surface area contributed by atoms with Gasteiger partial charge in [0, 0.05) is 29.7 Å². The molecular formula is C15H19BrClN3. The fourth-order valence-electron chi connectivity index (χ4n) is 2.26. The van der Waals surface area contributed by atoms with E-state index in [2.05, 4.69) is 51.5 Å². The molecule has 1 unspecified atom stereocenters. The third-order valence-corrected chi connectivity index (χ3v) is 4.71. The van der Waals surface area contributed by atoms with Gasteiger partial charge in [0.2, 0.25) is 0 Å². The molecule has 0 aliphatic rings. The van der Waals surface area contributed by atoms with Gasteiger partial charge in [-0.05, 0) is 53.2 Å². The Balaban J connectivity index is 2.23. The molecular weight excluding hydrogens is 338 g/mol. The standard InChI is InChI=1S/C15H19BrClN3/c1-4-11-8-12(20(3)19-11)9-15(18-2)10-5-6-14(17)13(16)7-10/h5-8,15,18H,4,9H2,1-3H3. The van der Waals surface area contributed by atoms with Crippen LogP contribution in [-0.2, 0) is 19.9 Å². The van der Waals surface area contributed by atoms with Gasteiger partial charge in [0.1, 0.15) is 0 Å². The molecule has 1 aromatic heterocycles. The Morgan fingerprint density at radius 3 is 2.70 bits per heavy atom. The average Bonchev–Trinajstić information content (AvgIpc) is 2.80. The van der Waals surface area contributed by atoms with Crippen molar-refractivity contribution >= 4 is 27.5 Å². The maximum Gasteiger partial charge on any atom is 0.0624 e. The molecule has 0 saturated heterocycles. The molecule has 3 nitrogen and oxygen atoms in total. The van der Waals surface area contributed by atoms with Crippen LogP contribution in [0.25, 0.3) is 0 Å². The first-order valence-corrected chi connectivity index (χ1v) is 7.86. The van der Waals surface area contributed by atoms with Crippen molar-refractivity contribution in [3.63, 3.8) is 0 Å². The van der Waals surface area contributed by atoms with Gasteiger partial charge in [-0.1, -0.05) is 24.6 Å². The fraction of sp³-hybridized carbons (Fsp3) is 0.400.